The number of carbonyl (C=O) groups is 1. The molecule has 1 aromatic heterocycles. The fourth-order valence-electron chi connectivity index (χ4n) is 1.36. The van der Waals surface area contributed by atoms with Crippen molar-refractivity contribution in [1.29, 1.82) is 0 Å². The van der Waals surface area contributed by atoms with Gasteiger partial charge in [0.25, 0.3) is 0 Å². The summed E-state index contributed by atoms with van der Waals surface area (Å²) in [5.41, 5.74) is 0.884. The molecule has 0 aliphatic rings. The number of hydrogen-bond donors (Lipinski definition) is 3. The number of aromatic carboxylic acids is 1. The highest BCUT2D eigenvalue weighted by Gasteiger charge is 2.14. The molecule has 0 aliphatic heterocycles. The second-order valence-corrected chi connectivity index (χ2v) is 3.40. The lowest BCUT2D eigenvalue weighted by molar-refractivity contribution is -0.388. The van der Waals surface area contributed by atoms with Crippen LogP contribution in [0.5, 0.6) is 0 Å². The Morgan fingerprint density at radius 1 is 1.39 bits per heavy atom. The number of carboxylic acids is 1. The van der Waals surface area contributed by atoms with Crippen molar-refractivity contribution in [2.24, 2.45) is 0 Å². The zero-order valence-corrected chi connectivity index (χ0v) is 8.95. The Morgan fingerprint density at radius 3 is 2.61 bits per heavy atom. The van der Waals surface area contributed by atoms with Crippen LogP contribution < -0.4 is 5.32 Å². The summed E-state index contributed by atoms with van der Waals surface area (Å²) in [6.45, 7) is 0. The number of rotatable bonds is 4. The lowest BCUT2D eigenvalue weighted by Gasteiger charge is -2.03. The number of nitro groups is 1. The average molecular weight is 248 g/mol. The van der Waals surface area contributed by atoms with Gasteiger partial charge in [0.1, 0.15) is 6.20 Å². The Bertz CT molecular complexity index is 590. The molecular weight excluding hydrogens is 240 g/mol. The average Bonchev–Trinajstić information content (AvgIpc) is 2.78. The van der Waals surface area contributed by atoms with E-state index < -0.39 is 10.9 Å². The first-order valence-electron chi connectivity index (χ1n) is 4.86. The lowest BCUT2D eigenvalue weighted by atomic mass is 10.2. The molecule has 8 heteroatoms. The minimum atomic E-state index is -1.03. The second-order valence-electron chi connectivity index (χ2n) is 3.40. The predicted octanol–water partition coefficient (Wildman–Crippen LogP) is 1.76. The minimum absolute atomic E-state index is 0.141. The molecule has 0 saturated carbocycles. The molecular formula is C10H8N4O4. The highest BCUT2D eigenvalue weighted by Crippen LogP contribution is 2.24. The maximum Gasteiger partial charge on any atom is 0.366 e. The number of aromatic nitrogens is 2. The number of carboxylic acid groups (broad SMARTS) is 1. The van der Waals surface area contributed by atoms with Crippen LogP contribution in [0.3, 0.4) is 0 Å². The van der Waals surface area contributed by atoms with Gasteiger partial charge in [0.05, 0.1) is 5.56 Å². The maximum absolute atomic E-state index is 10.6. The highest BCUT2D eigenvalue weighted by atomic mass is 16.6. The number of anilines is 2. The fraction of sp³-hybridized carbons (Fsp3) is 0. The topological polar surface area (TPSA) is 121 Å². The lowest BCUT2D eigenvalue weighted by Crippen LogP contribution is -1.97. The van der Waals surface area contributed by atoms with Gasteiger partial charge in [0.15, 0.2) is 5.69 Å². The third-order valence-corrected chi connectivity index (χ3v) is 2.21. The van der Waals surface area contributed by atoms with Crippen LogP contribution in [0.2, 0.25) is 0 Å². The highest BCUT2D eigenvalue weighted by molar-refractivity contribution is 5.88. The van der Waals surface area contributed by atoms with Crippen molar-refractivity contribution < 1.29 is 14.8 Å². The van der Waals surface area contributed by atoms with E-state index in [0.717, 1.165) is 0 Å². The minimum Gasteiger partial charge on any atom is -0.478 e. The van der Waals surface area contributed by atoms with E-state index in [-0.39, 0.29) is 17.1 Å². The first-order valence-corrected chi connectivity index (χ1v) is 4.86. The molecule has 0 bridgehead atoms. The van der Waals surface area contributed by atoms with Crippen LogP contribution in [-0.2, 0) is 0 Å². The van der Waals surface area contributed by atoms with Crippen LogP contribution in [0.1, 0.15) is 10.4 Å². The zero-order chi connectivity index (χ0) is 13.1. The second kappa shape index (κ2) is 4.53. The molecule has 2 rings (SSSR count). The van der Waals surface area contributed by atoms with Gasteiger partial charge in [0, 0.05) is 5.69 Å². The molecule has 0 saturated heterocycles. The number of hydrogen-bond acceptors (Lipinski definition) is 5. The van der Waals surface area contributed by atoms with Gasteiger partial charge in [0.2, 0.25) is 0 Å². The van der Waals surface area contributed by atoms with Crippen molar-refractivity contribution in [3.63, 3.8) is 0 Å². The van der Waals surface area contributed by atoms with E-state index in [9.17, 15) is 14.9 Å². The third-order valence-electron chi connectivity index (χ3n) is 2.21. The van der Waals surface area contributed by atoms with E-state index >= 15 is 0 Å². The van der Waals surface area contributed by atoms with Crippen molar-refractivity contribution in [3.8, 4) is 0 Å². The molecule has 0 aliphatic carbocycles. The van der Waals surface area contributed by atoms with Gasteiger partial charge in [-0.3, -0.25) is 0 Å². The normalized spacial score (nSPS) is 10.0. The monoisotopic (exact) mass is 248 g/mol. The number of nitrogens with one attached hydrogen (secondary N) is 2. The van der Waals surface area contributed by atoms with Gasteiger partial charge in [-0.15, -0.1) is 5.10 Å². The van der Waals surface area contributed by atoms with E-state index in [4.69, 9.17) is 5.11 Å². The Labute approximate surface area is 100 Å². The van der Waals surface area contributed by atoms with Gasteiger partial charge >= 0.3 is 11.8 Å². The largest absolute Gasteiger partial charge is 0.478 e. The summed E-state index contributed by atoms with van der Waals surface area (Å²) in [6, 6.07) is 5.83. The van der Waals surface area contributed by atoms with Crippen molar-refractivity contribution in [2.75, 3.05) is 5.32 Å². The Balaban J connectivity index is 2.21. The molecule has 0 spiro atoms. The summed E-state index contributed by atoms with van der Waals surface area (Å²) in [5, 5.41) is 27.9. The molecule has 1 aromatic carbocycles. The van der Waals surface area contributed by atoms with Gasteiger partial charge in [-0.05, 0) is 29.2 Å². The van der Waals surface area contributed by atoms with Gasteiger partial charge in [-0.1, -0.05) is 5.10 Å². The molecule has 0 fully saturated rings. The van der Waals surface area contributed by atoms with Crippen LogP contribution >= 0.6 is 0 Å². The number of nitrogens with zero attached hydrogens (tertiary/aromatic N) is 2. The summed E-state index contributed by atoms with van der Waals surface area (Å²) >= 11 is 0. The first kappa shape index (κ1) is 11.6. The summed E-state index contributed by atoms with van der Waals surface area (Å²) in [7, 11) is 0. The smallest absolute Gasteiger partial charge is 0.366 e. The van der Waals surface area contributed by atoms with Crippen LogP contribution in [0.25, 0.3) is 0 Å². The third kappa shape index (κ3) is 2.26. The van der Waals surface area contributed by atoms with E-state index in [1.165, 1.54) is 30.5 Å². The molecule has 0 unspecified atom stereocenters. The summed E-state index contributed by atoms with van der Waals surface area (Å²) in [6.07, 6.45) is 1.28. The zero-order valence-electron chi connectivity index (χ0n) is 8.95. The van der Waals surface area contributed by atoms with Crippen molar-refractivity contribution in [1.82, 2.24) is 10.2 Å². The predicted molar refractivity (Wildman–Crippen MR) is 61.9 cm³/mol. The van der Waals surface area contributed by atoms with Crippen LogP contribution in [0, 0.1) is 10.1 Å². The quantitative estimate of drug-likeness (QED) is 0.559. The van der Waals surface area contributed by atoms with E-state index in [1.807, 2.05) is 0 Å². The van der Waals surface area contributed by atoms with Gasteiger partial charge < -0.3 is 20.5 Å². The van der Waals surface area contributed by atoms with Crippen LogP contribution in [0.15, 0.2) is 30.5 Å². The number of aromatic amines is 1. The molecule has 2 aromatic rings. The molecule has 0 atom stereocenters. The molecule has 1 heterocycles. The Kier molecular flexibility index (Phi) is 2.92. The van der Waals surface area contributed by atoms with Crippen molar-refractivity contribution in [3.05, 3.63) is 46.1 Å². The first-order chi connectivity index (χ1) is 8.58. The summed E-state index contributed by atoms with van der Waals surface area (Å²) in [5.74, 6) is -1.28. The van der Waals surface area contributed by atoms with Gasteiger partial charge in [-0.25, -0.2) is 4.79 Å². The Hall–Kier alpha value is -2.90. The summed E-state index contributed by atoms with van der Waals surface area (Å²) in [4.78, 5) is 20.7. The maximum atomic E-state index is 10.6. The molecule has 18 heavy (non-hydrogen) atoms. The number of H-pyrrole nitrogens is 1. The molecule has 0 amide bonds. The molecule has 3 N–H and O–H groups in total. The molecule has 8 nitrogen and oxygen atoms in total. The van der Waals surface area contributed by atoms with Crippen LogP contribution in [-0.4, -0.2) is 26.2 Å². The van der Waals surface area contributed by atoms with Crippen molar-refractivity contribution >= 4 is 23.2 Å². The van der Waals surface area contributed by atoms with Crippen molar-refractivity contribution in [2.45, 2.75) is 0 Å². The Morgan fingerprint density at radius 2 is 2.06 bits per heavy atom. The van der Waals surface area contributed by atoms with E-state index in [0.29, 0.717) is 5.69 Å². The summed E-state index contributed by atoms with van der Waals surface area (Å²) < 4.78 is 0. The fourth-order valence-corrected chi connectivity index (χ4v) is 1.36. The van der Waals surface area contributed by atoms with E-state index in [2.05, 4.69) is 15.5 Å². The molecule has 92 valence electrons. The molecule has 0 radical (unpaired) electrons. The number of benzene rings is 1. The SMILES string of the molecule is O=C(O)c1ccc(Nc2cn[nH]c2[N+](=O)[O-])cc1. The van der Waals surface area contributed by atoms with E-state index in [1.54, 1.807) is 0 Å². The van der Waals surface area contributed by atoms with Crippen LogP contribution in [0.4, 0.5) is 17.2 Å². The standard InChI is InChI=1S/C10H8N4O4/c15-10(16)6-1-3-7(4-2-6)12-8-5-11-13-9(8)14(17)18/h1-5,12H,(H,11,13)(H,15,16). The van der Waals surface area contributed by atoms with Gasteiger partial charge in [-0.2, -0.15) is 0 Å².